The number of hydrogen-bond acceptors (Lipinski definition) is 5. The van der Waals surface area contributed by atoms with Gasteiger partial charge in [-0.15, -0.1) is 0 Å². The number of aromatic nitrogens is 2. The third-order valence-corrected chi connectivity index (χ3v) is 7.76. The number of nitrogens with one attached hydrogen (secondary N) is 2. The van der Waals surface area contributed by atoms with Crippen molar-refractivity contribution in [3.63, 3.8) is 0 Å². The Bertz CT molecular complexity index is 1160. The summed E-state index contributed by atoms with van der Waals surface area (Å²) in [7, 11) is 1.55. The highest BCUT2D eigenvalue weighted by Crippen LogP contribution is 2.39. The molecule has 1 aromatic heterocycles. The summed E-state index contributed by atoms with van der Waals surface area (Å²) >= 11 is 0. The number of aryl methyl sites for hydroxylation is 1. The molecular weight excluding hydrogens is 466 g/mol. The van der Waals surface area contributed by atoms with Crippen molar-refractivity contribution in [1.29, 1.82) is 0 Å². The molecule has 3 fully saturated rings. The molecule has 190 valence electrons. The van der Waals surface area contributed by atoms with Crippen LogP contribution in [0.1, 0.15) is 55.2 Å². The summed E-state index contributed by atoms with van der Waals surface area (Å²) in [6.45, 7) is 1.53. The Morgan fingerprint density at radius 3 is 2.57 bits per heavy atom. The molecule has 2 aromatic rings. The van der Waals surface area contributed by atoms with E-state index in [1.165, 1.54) is 10.7 Å². The van der Waals surface area contributed by atoms with Gasteiger partial charge in [0.1, 0.15) is 11.3 Å². The summed E-state index contributed by atoms with van der Waals surface area (Å²) in [6.07, 6.45) is 1.71. The Morgan fingerprint density at radius 2 is 1.89 bits per heavy atom. The molecule has 3 aliphatic rings. The smallest absolute Gasteiger partial charge is 0.264 e. The average Bonchev–Trinajstić information content (AvgIpc) is 3.12. The molecule has 1 unspecified atom stereocenters. The molecule has 1 aromatic carbocycles. The van der Waals surface area contributed by atoms with E-state index in [0.29, 0.717) is 38.9 Å². The number of fused-ring (bicyclic) bond motifs is 1. The van der Waals surface area contributed by atoms with Crippen molar-refractivity contribution in [3.8, 4) is 0 Å². The molecule has 35 heavy (non-hydrogen) atoms. The minimum atomic E-state index is -2.75. The van der Waals surface area contributed by atoms with Crippen LogP contribution in [0.2, 0.25) is 0 Å². The lowest BCUT2D eigenvalue weighted by molar-refractivity contribution is -0.134. The fraction of sp³-hybridized carbons (Fsp3) is 0.625. The van der Waals surface area contributed by atoms with Crippen molar-refractivity contribution in [2.24, 2.45) is 13.0 Å². The Morgan fingerprint density at radius 1 is 1.14 bits per heavy atom. The molecule has 0 radical (unpaired) electrons. The molecule has 0 aliphatic carbocycles. The standard InChI is InChI=1S/C24H29F4N5O2/c1-32-22-16(21(31-32)15-2-3-18(34)30-23(15)35)10-17(25)19(20(22)26)13-5-8-33(9-6-13)11-14-4-7-29-12-24(14,27)28/h10,13-15,29H,2-9,11-12H2,1H3,(H,30,34,35)/t14-,15?/m1/s1. The van der Waals surface area contributed by atoms with E-state index in [-0.39, 0.29) is 59.9 Å². The number of piperidine rings is 3. The highest BCUT2D eigenvalue weighted by molar-refractivity contribution is 6.02. The molecular formula is C24H29F4N5O2. The van der Waals surface area contributed by atoms with Gasteiger partial charge in [0.05, 0.1) is 18.2 Å². The fourth-order valence-corrected chi connectivity index (χ4v) is 5.81. The third-order valence-electron chi connectivity index (χ3n) is 7.76. The first-order valence-corrected chi connectivity index (χ1v) is 12.1. The number of hydrogen-bond donors (Lipinski definition) is 2. The molecule has 4 heterocycles. The van der Waals surface area contributed by atoms with E-state index in [4.69, 9.17) is 0 Å². The zero-order valence-corrected chi connectivity index (χ0v) is 19.6. The van der Waals surface area contributed by atoms with E-state index in [2.05, 4.69) is 15.7 Å². The summed E-state index contributed by atoms with van der Waals surface area (Å²) in [5.74, 6) is -6.88. The van der Waals surface area contributed by atoms with Crippen LogP contribution in [0.5, 0.6) is 0 Å². The number of halogens is 4. The van der Waals surface area contributed by atoms with Gasteiger partial charge in [-0.05, 0) is 57.3 Å². The number of nitrogens with zero attached hydrogens (tertiary/aromatic N) is 3. The van der Waals surface area contributed by atoms with Crippen LogP contribution in [0.25, 0.3) is 10.9 Å². The van der Waals surface area contributed by atoms with Crippen molar-refractivity contribution in [2.75, 3.05) is 32.7 Å². The van der Waals surface area contributed by atoms with Crippen molar-refractivity contribution >= 4 is 22.7 Å². The average molecular weight is 496 g/mol. The predicted octanol–water partition coefficient (Wildman–Crippen LogP) is 2.80. The number of likely N-dealkylation sites (tertiary alicyclic amines) is 1. The lowest BCUT2D eigenvalue weighted by atomic mass is 9.86. The van der Waals surface area contributed by atoms with Crippen LogP contribution >= 0.6 is 0 Å². The highest BCUT2D eigenvalue weighted by Gasteiger charge is 2.42. The Kier molecular flexibility index (Phi) is 6.33. The summed E-state index contributed by atoms with van der Waals surface area (Å²) in [5.41, 5.74) is 0.370. The van der Waals surface area contributed by atoms with Crippen LogP contribution in [-0.4, -0.2) is 65.1 Å². The number of benzene rings is 1. The van der Waals surface area contributed by atoms with Gasteiger partial charge in [-0.1, -0.05) is 0 Å². The van der Waals surface area contributed by atoms with Crippen LogP contribution in [0.3, 0.4) is 0 Å². The minimum absolute atomic E-state index is 0.0119. The molecule has 3 saturated heterocycles. The summed E-state index contributed by atoms with van der Waals surface area (Å²) in [6, 6.07) is 1.24. The van der Waals surface area contributed by atoms with Gasteiger partial charge in [0, 0.05) is 36.9 Å². The third kappa shape index (κ3) is 4.44. The van der Waals surface area contributed by atoms with Gasteiger partial charge in [-0.2, -0.15) is 5.10 Å². The zero-order valence-electron chi connectivity index (χ0n) is 19.6. The van der Waals surface area contributed by atoms with Gasteiger partial charge in [0.25, 0.3) is 5.92 Å². The molecule has 2 amide bonds. The molecule has 0 spiro atoms. The lowest BCUT2D eigenvalue weighted by Crippen LogP contribution is -2.51. The molecule has 7 nitrogen and oxygen atoms in total. The van der Waals surface area contributed by atoms with Crippen molar-refractivity contribution in [3.05, 3.63) is 29.0 Å². The van der Waals surface area contributed by atoms with Gasteiger partial charge in [-0.3, -0.25) is 19.6 Å². The molecule has 2 N–H and O–H groups in total. The summed E-state index contributed by atoms with van der Waals surface area (Å²) < 4.78 is 60.7. The van der Waals surface area contributed by atoms with Gasteiger partial charge in [0.2, 0.25) is 11.8 Å². The second kappa shape index (κ2) is 9.16. The predicted molar refractivity (Wildman–Crippen MR) is 120 cm³/mol. The van der Waals surface area contributed by atoms with Gasteiger partial charge >= 0.3 is 0 Å². The van der Waals surface area contributed by atoms with E-state index < -0.39 is 35.3 Å². The van der Waals surface area contributed by atoms with Gasteiger partial charge < -0.3 is 10.2 Å². The van der Waals surface area contributed by atoms with Crippen LogP contribution in [-0.2, 0) is 16.6 Å². The largest absolute Gasteiger partial charge is 0.311 e. The van der Waals surface area contributed by atoms with Crippen molar-refractivity contribution < 1.29 is 27.2 Å². The highest BCUT2D eigenvalue weighted by atomic mass is 19.3. The van der Waals surface area contributed by atoms with Crippen LogP contribution in [0.15, 0.2) is 6.07 Å². The second-order valence-electron chi connectivity index (χ2n) is 9.99. The molecule has 2 atom stereocenters. The van der Waals surface area contributed by atoms with E-state index >= 15 is 8.78 Å². The second-order valence-corrected chi connectivity index (χ2v) is 9.99. The summed E-state index contributed by atoms with van der Waals surface area (Å²) in [5, 5.41) is 9.55. The molecule has 11 heteroatoms. The van der Waals surface area contributed by atoms with Gasteiger partial charge in [-0.25, -0.2) is 17.6 Å². The Labute approximate surface area is 200 Å². The fourth-order valence-electron chi connectivity index (χ4n) is 5.81. The quantitative estimate of drug-likeness (QED) is 0.504. The first-order valence-electron chi connectivity index (χ1n) is 12.1. The van der Waals surface area contributed by atoms with E-state index in [0.717, 1.165) is 0 Å². The maximum absolute atomic E-state index is 15.7. The first-order chi connectivity index (χ1) is 16.7. The van der Waals surface area contributed by atoms with Gasteiger partial charge in [0.15, 0.2) is 5.82 Å². The van der Waals surface area contributed by atoms with E-state index in [1.807, 2.05) is 4.90 Å². The minimum Gasteiger partial charge on any atom is -0.311 e. The number of carbonyl (C=O) groups excluding carboxylic acids is 2. The maximum Gasteiger partial charge on any atom is 0.264 e. The number of alkyl halides is 2. The van der Waals surface area contributed by atoms with Crippen LogP contribution < -0.4 is 10.6 Å². The summed E-state index contributed by atoms with van der Waals surface area (Å²) in [4.78, 5) is 25.8. The first kappa shape index (κ1) is 24.2. The lowest BCUT2D eigenvalue weighted by Gasteiger charge is -2.38. The maximum atomic E-state index is 15.7. The van der Waals surface area contributed by atoms with Crippen molar-refractivity contribution in [1.82, 2.24) is 25.3 Å². The number of amides is 2. The SMILES string of the molecule is Cn1nc(C2CCC(=O)NC2=O)c2cc(F)c(C3CCN(C[C@H]4CCNCC4(F)F)CC3)c(F)c21. The zero-order chi connectivity index (χ0) is 24.9. The number of imide groups is 1. The molecule has 3 aliphatic heterocycles. The van der Waals surface area contributed by atoms with Crippen molar-refractivity contribution in [2.45, 2.75) is 49.9 Å². The molecule has 5 rings (SSSR count). The van der Waals surface area contributed by atoms with Crippen LogP contribution in [0, 0.1) is 17.6 Å². The van der Waals surface area contributed by atoms with E-state index in [9.17, 15) is 18.4 Å². The molecule has 0 bridgehead atoms. The number of rotatable bonds is 4. The Balaban J connectivity index is 1.36. The number of carbonyl (C=O) groups is 2. The Hall–Kier alpha value is -2.53. The van der Waals surface area contributed by atoms with Crippen LogP contribution in [0.4, 0.5) is 17.6 Å². The van der Waals surface area contributed by atoms with E-state index in [1.54, 1.807) is 7.05 Å². The monoisotopic (exact) mass is 495 g/mol. The normalized spacial score (nSPS) is 26.3. The molecule has 0 saturated carbocycles. The topological polar surface area (TPSA) is 79.3 Å².